The van der Waals surface area contributed by atoms with Crippen LogP contribution in [-0.4, -0.2) is 76.0 Å². The molecule has 2 saturated heterocycles. The van der Waals surface area contributed by atoms with Crippen molar-refractivity contribution in [2.45, 2.75) is 11.8 Å². The summed E-state index contributed by atoms with van der Waals surface area (Å²) in [6, 6.07) is 11.7. The molecule has 2 aromatic carbocycles. The Morgan fingerprint density at radius 1 is 1.00 bits per heavy atom. The fourth-order valence-corrected chi connectivity index (χ4v) is 5.23. The molecule has 0 aromatic heterocycles. The molecule has 1 N–H and O–H groups in total. The maximum atomic E-state index is 12.9. The highest BCUT2D eigenvalue weighted by molar-refractivity contribution is 7.89. The number of benzene rings is 2. The van der Waals surface area contributed by atoms with Crippen LogP contribution in [0.15, 0.2) is 52.5 Å². The zero-order valence-corrected chi connectivity index (χ0v) is 19.7. The zero-order valence-electron chi connectivity index (χ0n) is 18.8. The molecule has 0 bridgehead atoms. The highest BCUT2D eigenvalue weighted by atomic mass is 32.2. The number of anilines is 2. The molecular formula is C22H27N5O6S. The Hall–Kier alpha value is -3.06. The third kappa shape index (κ3) is 5.36. The number of hydrogen-bond donors (Lipinski definition) is 1. The zero-order chi connectivity index (χ0) is 24.1. The number of sulfonamides is 1. The lowest BCUT2D eigenvalue weighted by Gasteiger charge is -2.28. The van der Waals surface area contributed by atoms with Gasteiger partial charge in [-0.05, 0) is 36.8 Å². The first-order valence-electron chi connectivity index (χ1n) is 11.0. The molecule has 0 saturated carbocycles. The fraction of sp³-hybridized carbons (Fsp3) is 0.409. The van der Waals surface area contributed by atoms with Gasteiger partial charge < -0.3 is 14.4 Å². The molecule has 2 heterocycles. The van der Waals surface area contributed by atoms with Gasteiger partial charge in [-0.15, -0.1) is 0 Å². The number of hydrazone groups is 1. The van der Waals surface area contributed by atoms with Crippen LogP contribution >= 0.6 is 0 Å². The monoisotopic (exact) mass is 489 g/mol. The van der Waals surface area contributed by atoms with Crippen LogP contribution in [0.1, 0.15) is 12.5 Å². The van der Waals surface area contributed by atoms with Crippen LogP contribution in [0.3, 0.4) is 0 Å². The van der Waals surface area contributed by atoms with Crippen LogP contribution in [0.2, 0.25) is 0 Å². The average Bonchev–Trinajstić information content (AvgIpc) is 2.88. The molecule has 0 unspecified atom stereocenters. The first-order chi connectivity index (χ1) is 16.4. The van der Waals surface area contributed by atoms with Crippen molar-refractivity contribution in [1.29, 1.82) is 0 Å². The highest BCUT2D eigenvalue weighted by Crippen LogP contribution is 2.29. The van der Waals surface area contributed by atoms with Gasteiger partial charge in [0.2, 0.25) is 10.0 Å². The molecule has 0 radical (unpaired) electrons. The van der Waals surface area contributed by atoms with Crippen molar-refractivity contribution in [1.82, 2.24) is 4.31 Å². The van der Waals surface area contributed by atoms with E-state index >= 15 is 0 Å². The first kappa shape index (κ1) is 24.1. The number of nitrogens with zero attached hydrogens (tertiary/aromatic N) is 4. The molecule has 182 valence electrons. The Kier molecular flexibility index (Phi) is 7.41. The summed E-state index contributed by atoms with van der Waals surface area (Å²) in [5.41, 5.74) is 5.05. The number of nitro benzene ring substituents is 1. The molecule has 0 spiro atoms. The third-order valence-corrected chi connectivity index (χ3v) is 7.67. The molecule has 0 atom stereocenters. The Morgan fingerprint density at radius 3 is 2.24 bits per heavy atom. The number of ether oxygens (including phenoxy) is 2. The van der Waals surface area contributed by atoms with E-state index in [1.165, 1.54) is 16.4 Å². The summed E-state index contributed by atoms with van der Waals surface area (Å²) in [7, 11) is -3.85. The van der Waals surface area contributed by atoms with Gasteiger partial charge in [-0.25, -0.2) is 8.42 Å². The van der Waals surface area contributed by atoms with Crippen molar-refractivity contribution < 1.29 is 22.8 Å². The lowest BCUT2D eigenvalue weighted by Crippen LogP contribution is -2.40. The number of nitro groups is 1. The standard InChI is InChI=1S/C22H27N5O6S/c1-17(18-2-4-19(5-3-18)25-8-12-32-13-9-25)23-24-21-7-6-20(16-22(21)27(28)29)34(30,31)26-10-14-33-15-11-26/h2-7,16,24H,8-15H2,1H3. The van der Waals surface area contributed by atoms with Gasteiger partial charge in [0.25, 0.3) is 5.69 Å². The van der Waals surface area contributed by atoms with Crippen LogP contribution in [0.5, 0.6) is 0 Å². The summed E-state index contributed by atoms with van der Waals surface area (Å²) in [4.78, 5) is 13.1. The third-order valence-electron chi connectivity index (χ3n) is 5.78. The Morgan fingerprint density at radius 2 is 1.62 bits per heavy atom. The second kappa shape index (κ2) is 10.5. The molecule has 2 fully saturated rings. The molecule has 2 aliphatic rings. The summed E-state index contributed by atoms with van der Waals surface area (Å²) in [6.45, 7) is 5.90. The number of hydrogen-bond acceptors (Lipinski definition) is 9. The van der Waals surface area contributed by atoms with Crippen LogP contribution in [-0.2, 0) is 19.5 Å². The van der Waals surface area contributed by atoms with Gasteiger partial charge in [0.05, 0.1) is 42.0 Å². The molecule has 11 nitrogen and oxygen atoms in total. The minimum Gasteiger partial charge on any atom is -0.379 e. The van der Waals surface area contributed by atoms with Gasteiger partial charge >= 0.3 is 0 Å². The topological polar surface area (TPSA) is 127 Å². The van der Waals surface area contributed by atoms with Crippen molar-refractivity contribution in [3.63, 3.8) is 0 Å². The van der Waals surface area contributed by atoms with Crippen molar-refractivity contribution in [2.24, 2.45) is 5.10 Å². The molecular weight excluding hydrogens is 462 g/mol. The van der Waals surface area contributed by atoms with Gasteiger partial charge in [-0.1, -0.05) is 12.1 Å². The van der Waals surface area contributed by atoms with E-state index in [9.17, 15) is 18.5 Å². The van der Waals surface area contributed by atoms with Gasteiger partial charge in [0.1, 0.15) is 5.69 Å². The van der Waals surface area contributed by atoms with Crippen molar-refractivity contribution in [3.05, 3.63) is 58.1 Å². The van der Waals surface area contributed by atoms with E-state index in [-0.39, 0.29) is 29.4 Å². The molecule has 4 rings (SSSR count). The quantitative estimate of drug-likeness (QED) is 0.357. The second-order valence-corrected chi connectivity index (χ2v) is 9.85. The number of morpholine rings is 2. The number of rotatable bonds is 7. The van der Waals surface area contributed by atoms with E-state index in [2.05, 4.69) is 15.4 Å². The lowest BCUT2D eigenvalue weighted by molar-refractivity contribution is -0.384. The minimum absolute atomic E-state index is 0.107. The Bertz CT molecular complexity index is 1160. The highest BCUT2D eigenvalue weighted by Gasteiger charge is 2.29. The number of nitrogens with one attached hydrogen (secondary N) is 1. The van der Waals surface area contributed by atoms with E-state index in [4.69, 9.17) is 9.47 Å². The molecule has 2 aliphatic heterocycles. The van der Waals surface area contributed by atoms with E-state index in [0.717, 1.165) is 30.4 Å². The predicted octanol–water partition coefficient (Wildman–Crippen LogP) is 2.29. The van der Waals surface area contributed by atoms with Gasteiger partial charge in [-0.3, -0.25) is 15.5 Å². The predicted molar refractivity (Wildman–Crippen MR) is 128 cm³/mol. The van der Waals surface area contributed by atoms with Crippen LogP contribution in [0.25, 0.3) is 0 Å². The maximum Gasteiger partial charge on any atom is 0.295 e. The van der Waals surface area contributed by atoms with Gasteiger partial charge in [0.15, 0.2) is 0 Å². The van der Waals surface area contributed by atoms with Crippen LogP contribution in [0, 0.1) is 10.1 Å². The van der Waals surface area contributed by atoms with E-state index in [1.54, 1.807) is 6.92 Å². The van der Waals surface area contributed by atoms with Crippen molar-refractivity contribution in [3.8, 4) is 0 Å². The van der Waals surface area contributed by atoms with Gasteiger partial charge in [-0.2, -0.15) is 9.41 Å². The average molecular weight is 490 g/mol. The van der Waals surface area contributed by atoms with Crippen LogP contribution < -0.4 is 10.3 Å². The maximum absolute atomic E-state index is 12.9. The molecule has 0 amide bonds. The molecule has 2 aromatic rings. The second-order valence-electron chi connectivity index (χ2n) is 7.91. The fourth-order valence-electron chi connectivity index (χ4n) is 3.80. The minimum atomic E-state index is -3.85. The Labute approximate surface area is 198 Å². The van der Waals surface area contributed by atoms with E-state index in [0.29, 0.717) is 32.1 Å². The molecule has 34 heavy (non-hydrogen) atoms. The first-order valence-corrected chi connectivity index (χ1v) is 12.4. The lowest BCUT2D eigenvalue weighted by atomic mass is 10.1. The summed E-state index contributed by atoms with van der Waals surface area (Å²) < 4.78 is 37.6. The normalized spacial score (nSPS) is 18.0. The largest absolute Gasteiger partial charge is 0.379 e. The van der Waals surface area contributed by atoms with Crippen molar-refractivity contribution in [2.75, 3.05) is 62.9 Å². The molecule has 12 heteroatoms. The van der Waals surface area contributed by atoms with E-state index in [1.807, 2.05) is 24.3 Å². The summed E-state index contributed by atoms with van der Waals surface area (Å²) >= 11 is 0. The van der Waals surface area contributed by atoms with E-state index < -0.39 is 14.9 Å². The molecule has 0 aliphatic carbocycles. The smallest absolute Gasteiger partial charge is 0.295 e. The SMILES string of the molecule is CC(=NNc1ccc(S(=O)(=O)N2CCOCC2)cc1[N+](=O)[O-])c1ccc(N2CCOCC2)cc1. The van der Waals surface area contributed by atoms with Gasteiger partial charge in [0, 0.05) is 37.9 Å². The summed E-state index contributed by atoms with van der Waals surface area (Å²) in [5, 5.41) is 15.9. The summed E-state index contributed by atoms with van der Waals surface area (Å²) in [6.07, 6.45) is 0. The van der Waals surface area contributed by atoms with Crippen LogP contribution in [0.4, 0.5) is 17.1 Å². The van der Waals surface area contributed by atoms with Crippen molar-refractivity contribution >= 4 is 32.8 Å². The summed E-state index contributed by atoms with van der Waals surface area (Å²) in [5.74, 6) is 0. The Balaban J connectivity index is 1.51.